The standard InChI is InChI=1S/C7H2BrF3N4O3/c8-3-1-4(13-14-12)5(15(16)17)2-6(3)18-7(9,10)11/h1-2H. The van der Waals surface area contributed by atoms with Gasteiger partial charge in [0.1, 0.15) is 5.69 Å². The first-order valence-electron chi connectivity index (χ1n) is 4.03. The van der Waals surface area contributed by atoms with Crippen LogP contribution >= 0.6 is 15.9 Å². The summed E-state index contributed by atoms with van der Waals surface area (Å²) in [4.78, 5) is 11.9. The molecule has 1 aromatic carbocycles. The summed E-state index contributed by atoms with van der Waals surface area (Å²) in [5, 5.41) is 13.6. The van der Waals surface area contributed by atoms with Crippen LogP contribution < -0.4 is 4.74 Å². The van der Waals surface area contributed by atoms with Gasteiger partial charge in [-0.2, -0.15) is 0 Å². The molecule has 0 aliphatic rings. The topological polar surface area (TPSA) is 101 Å². The Labute approximate surface area is 105 Å². The molecule has 0 aromatic heterocycles. The lowest BCUT2D eigenvalue weighted by atomic mass is 10.2. The Kier molecular flexibility index (Phi) is 3.99. The number of hydrogen-bond acceptors (Lipinski definition) is 4. The fourth-order valence-electron chi connectivity index (χ4n) is 1.01. The first kappa shape index (κ1) is 14.1. The zero-order chi connectivity index (χ0) is 13.9. The van der Waals surface area contributed by atoms with Crippen LogP contribution in [0.5, 0.6) is 5.75 Å². The highest BCUT2D eigenvalue weighted by Gasteiger charge is 2.33. The van der Waals surface area contributed by atoms with Crippen LogP contribution in [0, 0.1) is 10.1 Å². The summed E-state index contributed by atoms with van der Waals surface area (Å²) in [6.07, 6.45) is -4.99. The third kappa shape index (κ3) is 3.50. The lowest BCUT2D eigenvalue weighted by molar-refractivity contribution is -0.384. The van der Waals surface area contributed by atoms with Gasteiger partial charge in [-0.1, -0.05) is 5.11 Å². The van der Waals surface area contributed by atoms with Gasteiger partial charge in [0.2, 0.25) is 0 Å². The Morgan fingerprint density at radius 2 is 2.11 bits per heavy atom. The maximum absolute atomic E-state index is 12.0. The van der Waals surface area contributed by atoms with E-state index >= 15 is 0 Å². The molecular formula is C7H2BrF3N4O3. The highest BCUT2D eigenvalue weighted by atomic mass is 79.9. The molecular weight excluding hydrogens is 325 g/mol. The molecule has 0 fully saturated rings. The van der Waals surface area contributed by atoms with Crippen molar-refractivity contribution < 1.29 is 22.8 Å². The summed E-state index contributed by atoms with van der Waals surface area (Å²) in [5.74, 6) is -0.800. The second-order valence-corrected chi connectivity index (χ2v) is 3.62. The van der Waals surface area contributed by atoms with Crippen LogP contribution in [0.2, 0.25) is 0 Å². The minimum atomic E-state index is -4.99. The van der Waals surface area contributed by atoms with Gasteiger partial charge in [0.15, 0.2) is 5.75 Å². The molecule has 18 heavy (non-hydrogen) atoms. The van der Waals surface area contributed by atoms with E-state index in [0.717, 1.165) is 6.07 Å². The van der Waals surface area contributed by atoms with Gasteiger partial charge in [-0.25, -0.2) is 0 Å². The Bertz CT molecular complexity index is 541. The van der Waals surface area contributed by atoms with Crippen molar-refractivity contribution in [2.45, 2.75) is 6.36 Å². The average Bonchev–Trinajstić information content (AvgIpc) is 2.20. The van der Waals surface area contributed by atoms with E-state index < -0.39 is 28.4 Å². The molecule has 0 N–H and O–H groups in total. The van der Waals surface area contributed by atoms with Crippen molar-refractivity contribution in [1.29, 1.82) is 0 Å². The molecule has 7 nitrogen and oxygen atoms in total. The lowest BCUT2D eigenvalue weighted by Gasteiger charge is -2.10. The van der Waals surface area contributed by atoms with E-state index in [1.807, 2.05) is 0 Å². The molecule has 0 bridgehead atoms. The fraction of sp³-hybridized carbons (Fsp3) is 0.143. The van der Waals surface area contributed by atoms with Gasteiger partial charge in [-0.05, 0) is 27.5 Å². The predicted molar refractivity (Wildman–Crippen MR) is 56.3 cm³/mol. The lowest BCUT2D eigenvalue weighted by Crippen LogP contribution is -2.17. The first-order chi connectivity index (χ1) is 8.24. The molecule has 0 aliphatic heterocycles. The summed E-state index contributed by atoms with van der Waals surface area (Å²) in [6, 6.07) is 1.38. The number of halogens is 4. The van der Waals surface area contributed by atoms with Crippen LogP contribution in [-0.2, 0) is 0 Å². The number of benzene rings is 1. The van der Waals surface area contributed by atoms with E-state index in [4.69, 9.17) is 5.53 Å². The van der Waals surface area contributed by atoms with Crippen LogP contribution in [0.1, 0.15) is 0 Å². The molecule has 1 aromatic rings. The highest BCUT2D eigenvalue weighted by molar-refractivity contribution is 9.10. The van der Waals surface area contributed by atoms with E-state index in [2.05, 4.69) is 30.7 Å². The van der Waals surface area contributed by atoms with Gasteiger partial charge in [0, 0.05) is 4.91 Å². The number of hydrogen-bond donors (Lipinski definition) is 0. The minimum Gasteiger partial charge on any atom is -0.404 e. The molecule has 11 heteroatoms. The number of rotatable bonds is 3. The molecule has 0 atom stereocenters. The van der Waals surface area contributed by atoms with Crippen LogP contribution in [0.4, 0.5) is 24.5 Å². The van der Waals surface area contributed by atoms with Crippen molar-refractivity contribution in [3.8, 4) is 5.75 Å². The number of nitro benzene ring substituents is 1. The molecule has 0 saturated carbocycles. The van der Waals surface area contributed by atoms with Gasteiger partial charge in [0.05, 0.1) is 15.5 Å². The molecule has 96 valence electrons. The summed E-state index contributed by atoms with van der Waals surface area (Å²) >= 11 is 2.72. The monoisotopic (exact) mass is 326 g/mol. The van der Waals surface area contributed by atoms with Gasteiger partial charge < -0.3 is 4.74 Å². The maximum Gasteiger partial charge on any atom is 0.573 e. The zero-order valence-electron chi connectivity index (χ0n) is 8.18. The Balaban J connectivity index is 3.36. The van der Waals surface area contributed by atoms with Crippen molar-refractivity contribution in [1.82, 2.24) is 0 Å². The average molecular weight is 327 g/mol. The normalized spacial score (nSPS) is 10.7. The second-order valence-electron chi connectivity index (χ2n) is 2.77. The zero-order valence-corrected chi connectivity index (χ0v) is 9.77. The molecule has 0 amide bonds. The molecule has 0 saturated heterocycles. The van der Waals surface area contributed by atoms with Crippen molar-refractivity contribution >= 4 is 27.3 Å². The van der Waals surface area contributed by atoms with E-state index in [1.54, 1.807) is 0 Å². The van der Waals surface area contributed by atoms with E-state index in [0.29, 0.717) is 6.07 Å². The van der Waals surface area contributed by atoms with E-state index in [-0.39, 0.29) is 4.47 Å². The molecule has 0 heterocycles. The number of nitro groups is 1. The van der Waals surface area contributed by atoms with Gasteiger partial charge in [-0.3, -0.25) is 10.1 Å². The molecule has 0 spiro atoms. The third-order valence-corrected chi connectivity index (χ3v) is 2.22. The summed E-state index contributed by atoms with van der Waals surface area (Å²) in [7, 11) is 0. The van der Waals surface area contributed by atoms with Crippen LogP contribution in [0.15, 0.2) is 21.7 Å². The number of alkyl halides is 3. The summed E-state index contributed by atoms with van der Waals surface area (Å²) < 4.78 is 39.4. The molecule has 0 aliphatic carbocycles. The quantitative estimate of drug-likeness (QED) is 0.273. The third-order valence-electron chi connectivity index (χ3n) is 1.60. The second kappa shape index (κ2) is 5.10. The van der Waals surface area contributed by atoms with Gasteiger partial charge in [-0.15, -0.1) is 13.2 Å². The van der Waals surface area contributed by atoms with Crippen molar-refractivity contribution in [2.24, 2.45) is 5.11 Å². The van der Waals surface area contributed by atoms with Crippen molar-refractivity contribution in [3.63, 3.8) is 0 Å². The van der Waals surface area contributed by atoms with Crippen molar-refractivity contribution in [2.75, 3.05) is 0 Å². The first-order valence-corrected chi connectivity index (χ1v) is 4.82. The Morgan fingerprint density at radius 3 is 2.56 bits per heavy atom. The van der Waals surface area contributed by atoms with Crippen LogP contribution in [0.25, 0.3) is 10.4 Å². The highest BCUT2D eigenvalue weighted by Crippen LogP contribution is 2.39. The number of ether oxygens (including phenoxy) is 1. The van der Waals surface area contributed by atoms with Crippen LogP contribution in [0.3, 0.4) is 0 Å². The van der Waals surface area contributed by atoms with Crippen molar-refractivity contribution in [3.05, 3.63) is 37.2 Å². The summed E-state index contributed by atoms with van der Waals surface area (Å²) in [5.41, 5.74) is 6.96. The SMILES string of the molecule is [N-]=[N+]=Nc1cc(Br)c(OC(F)(F)F)cc1[N+](=O)[O-]. The maximum atomic E-state index is 12.0. The summed E-state index contributed by atoms with van der Waals surface area (Å²) in [6.45, 7) is 0. The van der Waals surface area contributed by atoms with E-state index in [9.17, 15) is 23.3 Å². The largest absolute Gasteiger partial charge is 0.573 e. The van der Waals surface area contributed by atoms with Crippen LogP contribution in [-0.4, -0.2) is 11.3 Å². The molecule has 1 rings (SSSR count). The molecule has 0 unspecified atom stereocenters. The predicted octanol–water partition coefficient (Wildman–Crippen LogP) is 4.20. The number of azide groups is 1. The molecule has 0 radical (unpaired) electrons. The van der Waals surface area contributed by atoms with E-state index in [1.165, 1.54) is 0 Å². The van der Waals surface area contributed by atoms with Gasteiger partial charge >= 0.3 is 6.36 Å². The number of nitrogens with zero attached hydrogens (tertiary/aromatic N) is 4. The Morgan fingerprint density at radius 1 is 1.50 bits per heavy atom. The fourth-order valence-corrected chi connectivity index (χ4v) is 1.42. The smallest absolute Gasteiger partial charge is 0.404 e. The Hall–Kier alpha value is -2.00. The van der Waals surface area contributed by atoms with Gasteiger partial charge in [0.25, 0.3) is 5.69 Å². The minimum absolute atomic E-state index is 0.229.